The van der Waals surface area contributed by atoms with Gasteiger partial charge in [0.05, 0.1) is 24.2 Å². The Morgan fingerprint density at radius 2 is 2.07 bits per heavy atom. The Balaban J connectivity index is 1.47. The lowest BCUT2D eigenvalue weighted by Gasteiger charge is -2.38. The summed E-state index contributed by atoms with van der Waals surface area (Å²) in [5.74, 6) is 0.321. The van der Waals surface area contributed by atoms with E-state index in [9.17, 15) is 9.90 Å². The third kappa shape index (κ3) is 4.51. The first-order valence-corrected chi connectivity index (χ1v) is 10.3. The van der Waals surface area contributed by atoms with Gasteiger partial charge in [-0.15, -0.1) is 0 Å². The first kappa shape index (κ1) is 19.3. The summed E-state index contributed by atoms with van der Waals surface area (Å²) in [5.41, 5.74) is 1.98. The molecule has 6 heteroatoms. The number of carbonyl (C=O) groups is 1. The summed E-state index contributed by atoms with van der Waals surface area (Å²) in [4.78, 5) is 22.0. The van der Waals surface area contributed by atoms with E-state index in [1.807, 2.05) is 30.5 Å². The molecule has 0 spiro atoms. The molecule has 6 nitrogen and oxygen atoms in total. The number of pyridine rings is 1. The van der Waals surface area contributed by atoms with Crippen LogP contribution in [0.4, 0.5) is 0 Å². The summed E-state index contributed by atoms with van der Waals surface area (Å²) < 4.78 is 0. The van der Waals surface area contributed by atoms with Crippen LogP contribution in [0.3, 0.4) is 0 Å². The fraction of sp³-hybridized carbons (Fsp3) is 0.545. The van der Waals surface area contributed by atoms with Gasteiger partial charge < -0.3 is 15.3 Å². The van der Waals surface area contributed by atoms with Gasteiger partial charge in [0.2, 0.25) is 5.91 Å². The number of aliphatic hydroxyl groups is 1. The van der Waals surface area contributed by atoms with Gasteiger partial charge >= 0.3 is 0 Å². The summed E-state index contributed by atoms with van der Waals surface area (Å²) in [7, 11) is 2.13. The number of carbonyl (C=O) groups excluding carboxylic acids is 1. The zero-order valence-corrected chi connectivity index (χ0v) is 16.6. The van der Waals surface area contributed by atoms with Crippen LogP contribution in [0.25, 0.3) is 10.9 Å². The molecule has 28 heavy (non-hydrogen) atoms. The lowest BCUT2D eigenvalue weighted by molar-refractivity contribution is -0.124. The Morgan fingerprint density at radius 1 is 1.25 bits per heavy atom. The quantitative estimate of drug-likeness (QED) is 0.825. The van der Waals surface area contributed by atoms with Gasteiger partial charge in [-0.05, 0) is 63.0 Å². The minimum absolute atomic E-state index is 0.0594. The molecule has 4 rings (SSSR count). The maximum atomic E-state index is 12.8. The molecule has 1 aromatic carbocycles. The van der Waals surface area contributed by atoms with Crippen molar-refractivity contribution in [3.63, 3.8) is 0 Å². The topological polar surface area (TPSA) is 68.7 Å². The summed E-state index contributed by atoms with van der Waals surface area (Å²) >= 11 is 0. The molecule has 150 valence electrons. The zero-order valence-electron chi connectivity index (χ0n) is 16.6. The van der Waals surface area contributed by atoms with E-state index in [1.165, 1.54) is 0 Å². The van der Waals surface area contributed by atoms with Crippen LogP contribution in [0, 0.1) is 5.92 Å². The minimum atomic E-state index is -0.251. The van der Waals surface area contributed by atoms with Crippen LogP contribution in [0.2, 0.25) is 0 Å². The van der Waals surface area contributed by atoms with Crippen LogP contribution in [0.1, 0.15) is 30.9 Å². The molecular formula is C22H30N4O2. The van der Waals surface area contributed by atoms with Crippen molar-refractivity contribution in [2.75, 3.05) is 39.8 Å². The van der Waals surface area contributed by atoms with Crippen LogP contribution in [-0.2, 0) is 4.79 Å². The smallest absolute Gasteiger partial charge is 0.234 e. The monoisotopic (exact) mass is 382 g/mol. The van der Waals surface area contributed by atoms with E-state index < -0.39 is 0 Å². The summed E-state index contributed by atoms with van der Waals surface area (Å²) in [6, 6.07) is 10.1. The molecule has 2 aromatic rings. The van der Waals surface area contributed by atoms with Gasteiger partial charge in [-0.25, -0.2) is 0 Å². The highest BCUT2D eigenvalue weighted by Crippen LogP contribution is 2.38. The average molecular weight is 383 g/mol. The summed E-state index contributed by atoms with van der Waals surface area (Å²) in [5, 5.41) is 14.1. The van der Waals surface area contributed by atoms with Gasteiger partial charge in [-0.1, -0.05) is 18.2 Å². The molecule has 2 fully saturated rings. The van der Waals surface area contributed by atoms with Crippen molar-refractivity contribution in [1.82, 2.24) is 20.1 Å². The summed E-state index contributed by atoms with van der Waals surface area (Å²) in [6.45, 7) is 4.40. The zero-order chi connectivity index (χ0) is 19.5. The molecule has 1 saturated heterocycles. The van der Waals surface area contributed by atoms with E-state index in [-0.39, 0.29) is 24.0 Å². The predicted octanol–water partition coefficient (Wildman–Crippen LogP) is 1.80. The first-order chi connectivity index (χ1) is 13.6. The second-order valence-corrected chi connectivity index (χ2v) is 8.32. The fourth-order valence-corrected chi connectivity index (χ4v) is 4.31. The van der Waals surface area contributed by atoms with Crippen LogP contribution in [-0.4, -0.2) is 71.7 Å². The van der Waals surface area contributed by atoms with Crippen molar-refractivity contribution in [1.29, 1.82) is 0 Å². The maximum absolute atomic E-state index is 12.8. The van der Waals surface area contributed by atoms with Gasteiger partial charge in [0, 0.05) is 24.7 Å². The van der Waals surface area contributed by atoms with Crippen LogP contribution >= 0.6 is 0 Å². The van der Waals surface area contributed by atoms with Gasteiger partial charge in [0.1, 0.15) is 0 Å². The molecule has 1 aliphatic carbocycles. The molecule has 1 aliphatic heterocycles. The van der Waals surface area contributed by atoms with E-state index in [0.29, 0.717) is 6.54 Å². The number of aliphatic hydroxyl groups excluding tert-OH is 1. The van der Waals surface area contributed by atoms with Crippen molar-refractivity contribution in [2.45, 2.75) is 31.4 Å². The van der Waals surface area contributed by atoms with Crippen molar-refractivity contribution in [3.05, 3.63) is 42.1 Å². The number of benzene rings is 1. The van der Waals surface area contributed by atoms with Crippen molar-refractivity contribution >= 4 is 16.8 Å². The molecule has 1 amide bonds. The Hall–Kier alpha value is -2.02. The molecule has 0 bridgehead atoms. The highest BCUT2D eigenvalue weighted by Gasteiger charge is 2.36. The van der Waals surface area contributed by atoms with E-state index >= 15 is 0 Å². The van der Waals surface area contributed by atoms with E-state index in [1.54, 1.807) is 0 Å². The van der Waals surface area contributed by atoms with Gasteiger partial charge in [0.15, 0.2) is 0 Å². The number of amides is 1. The third-order valence-corrected chi connectivity index (χ3v) is 6.09. The molecular weight excluding hydrogens is 352 g/mol. The van der Waals surface area contributed by atoms with Crippen molar-refractivity contribution in [3.8, 4) is 0 Å². The second-order valence-electron chi connectivity index (χ2n) is 8.32. The summed E-state index contributed by atoms with van der Waals surface area (Å²) in [6.07, 6.45) is 4.17. The van der Waals surface area contributed by atoms with Gasteiger partial charge in [-0.3, -0.25) is 14.7 Å². The Kier molecular flexibility index (Phi) is 5.90. The molecule has 1 aromatic heterocycles. The van der Waals surface area contributed by atoms with Crippen LogP contribution in [0.15, 0.2) is 36.5 Å². The first-order valence-electron chi connectivity index (χ1n) is 10.3. The second kappa shape index (κ2) is 8.55. The van der Waals surface area contributed by atoms with Crippen molar-refractivity contribution < 1.29 is 9.90 Å². The SMILES string of the molecule is CN1CCCN(CC(=O)N[C@H](c2cnc3ccccc3c2)C2CC(O)C2)CC1. The number of aromatic nitrogens is 1. The molecule has 1 atom stereocenters. The van der Waals surface area contributed by atoms with E-state index in [0.717, 1.165) is 61.9 Å². The van der Waals surface area contributed by atoms with Crippen LogP contribution in [0.5, 0.6) is 0 Å². The Bertz CT molecular complexity index is 821. The lowest BCUT2D eigenvalue weighted by atomic mass is 9.75. The number of nitrogens with one attached hydrogen (secondary N) is 1. The molecule has 2 N–H and O–H groups in total. The van der Waals surface area contributed by atoms with Crippen LogP contribution < -0.4 is 5.32 Å². The van der Waals surface area contributed by atoms with Gasteiger partial charge in [-0.2, -0.15) is 0 Å². The fourth-order valence-electron chi connectivity index (χ4n) is 4.31. The highest BCUT2D eigenvalue weighted by atomic mass is 16.3. The lowest BCUT2D eigenvalue weighted by Crippen LogP contribution is -2.45. The average Bonchev–Trinajstić information content (AvgIpc) is 2.87. The molecule has 0 radical (unpaired) electrons. The highest BCUT2D eigenvalue weighted by molar-refractivity contribution is 5.80. The minimum Gasteiger partial charge on any atom is -0.393 e. The molecule has 0 unspecified atom stereocenters. The number of hydrogen-bond donors (Lipinski definition) is 2. The Labute approximate surface area is 166 Å². The number of para-hydroxylation sites is 1. The number of nitrogens with zero attached hydrogens (tertiary/aromatic N) is 3. The van der Waals surface area contributed by atoms with E-state index in [4.69, 9.17) is 0 Å². The third-order valence-electron chi connectivity index (χ3n) is 6.09. The maximum Gasteiger partial charge on any atom is 0.234 e. The van der Waals surface area contributed by atoms with Gasteiger partial charge in [0.25, 0.3) is 0 Å². The number of rotatable bonds is 5. The number of likely N-dealkylation sites (N-methyl/N-ethyl adjacent to an activating group) is 1. The molecule has 2 heterocycles. The number of fused-ring (bicyclic) bond motifs is 1. The molecule has 1 saturated carbocycles. The standard InChI is InChI=1S/C22H30N4O2/c1-25-7-4-8-26(10-9-25)15-21(28)24-22(17-12-19(27)13-17)18-11-16-5-2-3-6-20(16)23-14-18/h2-3,5-6,11,14,17,19,22,27H,4,7-10,12-13,15H2,1H3,(H,24,28)/t17?,19?,22-/m0/s1. The number of hydrogen-bond acceptors (Lipinski definition) is 5. The molecule has 2 aliphatic rings. The van der Waals surface area contributed by atoms with E-state index in [2.05, 4.69) is 33.2 Å². The normalized spacial score (nSPS) is 25.1. The predicted molar refractivity (Wildman–Crippen MR) is 110 cm³/mol. The van der Waals surface area contributed by atoms with Crippen molar-refractivity contribution in [2.24, 2.45) is 5.92 Å². The largest absolute Gasteiger partial charge is 0.393 e. The Morgan fingerprint density at radius 3 is 2.89 bits per heavy atom.